The Morgan fingerprint density at radius 2 is 1.17 bits per heavy atom. The molecule has 0 radical (unpaired) electrons. The smallest absolute Gasteiger partial charge is 0.0129 e. The highest BCUT2D eigenvalue weighted by molar-refractivity contribution is 7.72. The number of hydrogen-bond acceptors (Lipinski definition) is 0. The monoisotopic (exact) mass is 326 g/mol. The van der Waals surface area contributed by atoms with E-state index in [1.807, 2.05) is 0 Å². The third kappa shape index (κ3) is 4.04. The highest BCUT2D eigenvalue weighted by atomic mass is 31.1. The fraction of sp³-hybridized carbons (Fsp3) is 0.455. The van der Waals surface area contributed by atoms with E-state index < -0.39 is 0 Å². The lowest BCUT2D eigenvalue weighted by molar-refractivity contribution is 0.813. The number of hydrogen-bond donors (Lipinski definition) is 0. The molecular formula is C22H31P. The van der Waals surface area contributed by atoms with Crippen molar-refractivity contribution in [3.63, 3.8) is 0 Å². The molecule has 0 aromatic heterocycles. The molecule has 0 spiro atoms. The average molecular weight is 326 g/mol. The summed E-state index contributed by atoms with van der Waals surface area (Å²) in [5, 5.41) is 3.09. The summed E-state index contributed by atoms with van der Waals surface area (Å²) in [6.07, 6.45) is 0. The van der Waals surface area contributed by atoms with Crippen molar-refractivity contribution in [1.82, 2.24) is 0 Å². The van der Waals surface area contributed by atoms with Crippen LogP contribution in [0.4, 0.5) is 0 Å². The fourth-order valence-electron chi connectivity index (χ4n) is 3.09. The normalized spacial score (nSPS) is 13.1. The van der Waals surface area contributed by atoms with E-state index in [4.69, 9.17) is 0 Å². The minimum atomic E-state index is -0.309. The molecule has 0 fully saturated rings. The molecule has 0 aliphatic rings. The first-order chi connectivity index (χ1) is 10.8. The number of rotatable bonds is 5. The van der Waals surface area contributed by atoms with Gasteiger partial charge in [-0.2, -0.15) is 0 Å². The van der Waals surface area contributed by atoms with E-state index in [9.17, 15) is 0 Å². The van der Waals surface area contributed by atoms with Gasteiger partial charge in [0.1, 0.15) is 0 Å². The molecule has 2 aromatic carbocycles. The molecule has 0 amide bonds. The van der Waals surface area contributed by atoms with Gasteiger partial charge < -0.3 is 0 Å². The van der Waals surface area contributed by atoms with Gasteiger partial charge in [-0.1, -0.05) is 84.0 Å². The highest BCUT2D eigenvalue weighted by Gasteiger charge is 2.21. The molecule has 0 heterocycles. The first-order valence-electron chi connectivity index (χ1n) is 8.79. The summed E-state index contributed by atoms with van der Waals surface area (Å²) >= 11 is 0. The van der Waals surface area contributed by atoms with Crippen LogP contribution < -0.4 is 10.6 Å². The minimum Gasteiger partial charge on any atom is -0.0622 e. The van der Waals surface area contributed by atoms with Crippen LogP contribution >= 0.6 is 7.92 Å². The average Bonchev–Trinajstić information content (AvgIpc) is 2.53. The van der Waals surface area contributed by atoms with Gasteiger partial charge in [0.15, 0.2) is 0 Å². The second-order valence-electron chi connectivity index (χ2n) is 7.41. The second kappa shape index (κ2) is 7.63. The van der Waals surface area contributed by atoms with E-state index in [1.165, 1.54) is 10.9 Å². The molecule has 1 atom stereocenters. The van der Waals surface area contributed by atoms with Crippen LogP contribution in [0.15, 0.2) is 42.5 Å². The molecule has 23 heavy (non-hydrogen) atoms. The molecule has 1 unspecified atom stereocenters. The molecule has 2 rings (SSSR count). The molecule has 0 aliphatic carbocycles. The predicted octanol–water partition coefficient (Wildman–Crippen LogP) is 6.12. The maximum atomic E-state index is 2.47. The maximum absolute atomic E-state index is 2.47. The Labute approximate surface area is 144 Å². The number of benzene rings is 2. The van der Waals surface area contributed by atoms with Crippen LogP contribution in [0.3, 0.4) is 0 Å². The molecule has 0 saturated heterocycles. The maximum Gasteiger partial charge on any atom is -0.0129 e. The van der Waals surface area contributed by atoms with Gasteiger partial charge >= 0.3 is 0 Å². The fourth-order valence-corrected chi connectivity index (χ4v) is 5.38. The molecular weight excluding hydrogens is 295 g/mol. The predicted molar refractivity (Wildman–Crippen MR) is 107 cm³/mol. The van der Waals surface area contributed by atoms with Crippen LogP contribution in [-0.2, 0) is 0 Å². The third-order valence-electron chi connectivity index (χ3n) is 4.58. The molecule has 0 nitrogen and oxygen atoms in total. The van der Waals surface area contributed by atoms with Crippen molar-refractivity contribution >= 4 is 18.5 Å². The van der Waals surface area contributed by atoms with Crippen LogP contribution in [0.1, 0.15) is 76.0 Å². The van der Waals surface area contributed by atoms with Crippen LogP contribution in [0.2, 0.25) is 0 Å². The van der Waals surface area contributed by atoms with Crippen LogP contribution in [0, 0.1) is 0 Å². The Morgan fingerprint density at radius 3 is 1.57 bits per heavy atom. The largest absolute Gasteiger partial charge is 0.0622 e. The third-order valence-corrected chi connectivity index (χ3v) is 6.84. The zero-order valence-corrected chi connectivity index (χ0v) is 16.6. The molecule has 0 aliphatic heterocycles. The van der Waals surface area contributed by atoms with E-state index in [1.54, 1.807) is 16.4 Å². The first-order valence-corrected chi connectivity index (χ1v) is 10.6. The summed E-state index contributed by atoms with van der Waals surface area (Å²) in [5.74, 6) is 1.71. The summed E-state index contributed by atoms with van der Waals surface area (Å²) in [7, 11) is -0.309. The Morgan fingerprint density at radius 1 is 0.696 bits per heavy atom. The van der Waals surface area contributed by atoms with Crippen molar-refractivity contribution in [1.29, 1.82) is 0 Å². The van der Waals surface area contributed by atoms with Gasteiger partial charge in [0.25, 0.3) is 0 Å². The van der Waals surface area contributed by atoms with Gasteiger partial charge in [-0.3, -0.25) is 0 Å². The van der Waals surface area contributed by atoms with E-state index in [0.717, 1.165) is 0 Å². The molecule has 2 aromatic rings. The van der Waals surface area contributed by atoms with Crippen molar-refractivity contribution in [3.8, 4) is 0 Å². The Balaban J connectivity index is 2.69. The van der Waals surface area contributed by atoms with E-state index in [2.05, 4.69) is 90.7 Å². The molecule has 0 saturated carbocycles. The quantitative estimate of drug-likeness (QED) is 0.581. The van der Waals surface area contributed by atoms with Crippen LogP contribution in [0.5, 0.6) is 0 Å². The van der Waals surface area contributed by atoms with Gasteiger partial charge in [-0.05, 0) is 59.6 Å². The van der Waals surface area contributed by atoms with E-state index in [-0.39, 0.29) is 7.92 Å². The lowest BCUT2D eigenvalue weighted by atomic mass is 9.89. The van der Waals surface area contributed by atoms with Crippen LogP contribution in [-0.4, -0.2) is 6.66 Å². The molecule has 0 bridgehead atoms. The lowest BCUT2D eigenvalue weighted by Gasteiger charge is -2.27. The SMILES string of the molecule is CC(C)c1cc(C(C)C)c(P(C)c2ccccc2)c(C(C)C)c1. The Hall–Kier alpha value is -1.13. The lowest BCUT2D eigenvalue weighted by Crippen LogP contribution is -2.22. The van der Waals surface area contributed by atoms with Crippen molar-refractivity contribution in [3.05, 3.63) is 59.2 Å². The molecule has 124 valence electrons. The van der Waals surface area contributed by atoms with Gasteiger partial charge in [0.2, 0.25) is 0 Å². The van der Waals surface area contributed by atoms with E-state index >= 15 is 0 Å². The second-order valence-corrected chi connectivity index (χ2v) is 9.49. The summed E-state index contributed by atoms with van der Waals surface area (Å²) in [6, 6.07) is 16.0. The van der Waals surface area contributed by atoms with Gasteiger partial charge in [-0.15, -0.1) is 0 Å². The summed E-state index contributed by atoms with van der Waals surface area (Å²) in [6.45, 7) is 16.4. The van der Waals surface area contributed by atoms with Gasteiger partial charge in [0, 0.05) is 0 Å². The Bertz CT molecular complexity index is 609. The summed E-state index contributed by atoms with van der Waals surface area (Å²) in [5.41, 5.74) is 4.59. The van der Waals surface area contributed by atoms with E-state index in [0.29, 0.717) is 17.8 Å². The molecule has 1 heteroatoms. The highest BCUT2D eigenvalue weighted by Crippen LogP contribution is 2.38. The topological polar surface area (TPSA) is 0 Å². The standard InChI is InChI=1S/C22H31P/c1-15(2)18-13-20(16(3)4)22(21(14-18)17(5)6)23(7)19-11-9-8-10-12-19/h8-17H,1-7H3. The Kier molecular flexibility index (Phi) is 6.04. The van der Waals surface area contributed by atoms with Crippen molar-refractivity contribution in [2.75, 3.05) is 6.66 Å². The summed E-state index contributed by atoms with van der Waals surface area (Å²) in [4.78, 5) is 0. The van der Waals surface area contributed by atoms with Gasteiger partial charge in [-0.25, -0.2) is 0 Å². The van der Waals surface area contributed by atoms with Crippen molar-refractivity contribution in [2.45, 2.75) is 59.3 Å². The van der Waals surface area contributed by atoms with Crippen molar-refractivity contribution < 1.29 is 0 Å². The van der Waals surface area contributed by atoms with Gasteiger partial charge in [0.05, 0.1) is 0 Å². The van der Waals surface area contributed by atoms with Crippen molar-refractivity contribution in [2.24, 2.45) is 0 Å². The first kappa shape index (κ1) is 18.2. The minimum absolute atomic E-state index is 0.309. The zero-order valence-electron chi connectivity index (χ0n) is 15.7. The molecule has 0 N–H and O–H groups in total. The summed E-state index contributed by atoms with van der Waals surface area (Å²) < 4.78 is 0. The van der Waals surface area contributed by atoms with Crippen LogP contribution in [0.25, 0.3) is 0 Å². The zero-order chi connectivity index (χ0) is 17.1.